The summed E-state index contributed by atoms with van der Waals surface area (Å²) in [7, 11) is 0. The van der Waals surface area contributed by atoms with E-state index in [4.69, 9.17) is 14.2 Å². The van der Waals surface area contributed by atoms with Crippen molar-refractivity contribution in [3.8, 4) is 0 Å². The van der Waals surface area contributed by atoms with E-state index in [1.54, 1.807) is 0 Å². The summed E-state index contributed by atoms with van der Waals surface area (Å²) in [6, 6.07) is 0. The molecule has 9 atom stereocenters. The average molecular weight is 481 g/mol. The zero-order valence-corrected chi connectivity index (χ0v) is 20.3. The Hall–Kier alpha value is -1.29. The minimum absolute atomic E-state index is 0.0180. The summed E-state index contributed by atoms with van der Waals surface area (Å²) in [5.74, 6) is 0.454. The number of aliphatic hydroxyl groups is 4. The van der Waals surface area contributed by atoms with Crippen LogP contribution >= 0.6 is 0 Å². The Morgan fingerprint density at radius 1 is 1.18 bits per heavy atom. The van der Waals surface area contributed by atoms with Crippen molar-refractivity contribution in [1.29, 1.82) is 0 Å². The van der Waals surface area contributed by atoms with Crippen LogP contribution in [0.1, 0.15) is 58.8 Å². The zero-order valence-electron chi connectivity index (χ0n) is 20.3. The van der Waals surface area contributed by atoms with Gasteiger partial charge in [-0.2, -0.15) is 0 Å². The van der Waals surface area contributed by atoms with Crippen molar-refractivity contribution < 1.29 is 39.4 Å². The molecule has 0 spiro atoms. The predicted octanol–water partition coefficient (Wildman–Crippen LogP) is 1.85. The number of aliphatic hydroxyl groups excluding tert-OH is 4. The van der Waals surface area contributed by atoms with Crippen LogP contribution in [0.25, 0.3) is 0 Å². The molecular formula is C26H40O8. The molecule has 2 heterocycles. The number of carbonyl (C=O) groups excluding carboxylic acids is 1. The smallest absolute Gasteiger partial charge is 0.334 e. The molecule has 8 nitrogen and oxygen atoms in total. The Balaban J connectivity index is 1.46. The fraction of sp³-hybridized carbons (Fsp3) is 0.808. The summed E-state index contributed by atoms with van der Waals surface area (Å²) >= 11 is 0. The van der Waals surface area contributed by atoms with Gasteiger partial charge in [0.25, 0.3) is 0 Å². The maximum atomic E-state index is 11.9. The normalized spacial score (nSPS) is 45.0. The summed E-state index contributed by atoms with van der Waals surface area (Å²) < 4.78 is 16.7. The quantitative estimate of drug-likeness (QED) is 0.321. The molecule has 4 aliphatic rings. The van der Waals surface area contributed by atoms with Gasteiger partial charge in [0.2, 0.25) is 0 Å². The Labute approximate surface area is 201 Å². The molecule has 34 heavy (non-hydrogen) atoms. The highest BCUT2D eigenvalue weighted by atomic mass is 16.7. The molecule has 0 aromatic heterocycles. The number of carbonyl (C=O) groups is 1. The zero-order chi connectivity index (χ0) is 24.7. The highest BCUT2D eigenvalue weighted by molar-refractivity contribution is 5.90. The lowest BCUT2D eigenvalue weighted by Crippen LogP contribution is -2.60. The standard InChI is InChI=1S/C26H40O8/c1-15-5-8-19-25(2,14-33-24-22(30)21(29)20(28)18(13-27)34-24)10-4-11-26(19,3)17(15)7-6-16-9-12-32-23(16)31/h9,17-22,24,27-30H,1,4-8,10-14H2,2-3H3/t17-,18-,19+,20-,21+,22-,24-,25+,26+/m1/s1. The minimum atomic E-state index is -1.45. The van der Waals surface area contributed by atoms with Crippen LogP contribution in [-0.4, -0.2) is 76.9 Å². The molecule has 3 fully saturated rings. The largest absolute Gasteiger partial charge is 0.458 e. The van der Waals surface area contributed by atoms with Gasteiger partial charge in [0.1, 0.15) is 31.0 Å². The third kappa shape index (κ3) is 4.61. The van der Waals surface area contributed by atoms with E-state index in [9.17, 15) is 25.2 Å². The van der Waals surface area contributed by atoms with Crippen molar-refractivity contribution in [3.63, 3.8) is 0 Å². The lowest BCUT2D eigenvalue weighted by atomic mass is 9.47. The van der Waals surface area contributed by atoms with Crippen LogP contribution in [0.4, 0.5) is 0 Å². The van der Waals surface area contributed by atoms with Crippen molar-refractivity contribution in [3.05, 3.63) is 23.8 Å². The number of allylic oxidation sites excluding steroid dienone is 1. The molecule has 0 bridgehead atoms. The topological polar surface area (TPSA) is 126 Å². The number of fused-ring (bicyclic) bond motifs is 1. The van der Waals surface area contributed by atoms with Gasteiger partial charge in [0, 0.05) is 5.57 Å². The predicted molar refractivity (Wildman–Crippen MR) is 123 cm³/mol. The molecule has 0 aromatic carbocycles. The van der Waals surface area contributed by atoms with Gasteiger partial charge in [-0.25, -0.2) is 4.79 Å². The first-order chi connectivity index (χ1) is 16.1. The number of esters is 1. The fourth-order valence-corrected chi connectivity index (χ4v) is 7.17. The second-order valence-electron chi connectivity index (χ2n) is 11.2. The molecule has 0 radical (unpaired) electrons. The highest BCUT2D eigenvalue weighted by Crippen LogP contribution is 2.62. The van der Waals surface area contributed by atoms with Crippen LogP contribution in [0.5, 0.6) is 0 Å². The van der Waals surface area contributed by atoms with Gasteiger partial charge in [-0.15, -0.1) is 0 Å². The third-order valence-electron chi connectivity index (χ3n) is 9.08. The Morgan fingerprint density at radius 2 is 1.94 bits per heavy atom. The van der Waals surface area contributed by atoms with Crippen LogP contribution in [0.15, 0.2) is 23.8 Å². The third-order valence-corrected chi connectivity index (χ3v) is 9.08. The van der Waals surface area contributed by atoms with Crippen LogP contribution in [0.2, 0.25) is 0 Å². The van der Waals surface area contributed by atoms with Crippen LogP contribution in [-0.2, 0) is 19.0 Å². The molecule has 2 aliphatic carbocycles. The van der Waals surface area contributed by atoms with E-state index in [0.717, 1.165) is 44.1 Å². The maximum Gasteiger partial charge on any atom is 0.334 e. The molecule has 1 saturated heterocycles. The Morgan fingerprint density at radius 3 is 2.62 bits per heavy atom. The maximum absolute atomic E-state index is 11.9. The minimum Gasteiger partial charge on any atom is -0.458 e. The first-order valence-electron chi connectivity index (χ1n) is 12.6. The van der Waals surface area contributed by atoms with Crippen LogP contribution in [0, 0.1) is 22.7 Å². The lowest BCUT2D eigenvalue weighted by molar-refractivity contribution is -0.309. The molecule has 2 aliphatic heterocycles. The van der Waals surface area contributed by atoms with E-state index in [2.05, 4.69) is 20.4 Å². The van der Waals surface area contributed by atoms with Crippen molar-refractivity contribution in [2.75, 3.05) is 19.8 Å². The summed E-state index contributed by atoms with van der Waals surface area (Å²) in [4.78, 5) is 11.9. The van der Waals surface area contributed by atoms with Gasteiger partial charge in [-0.05, 0) is 67.3 Å². The molecule has 0 aromatic rings. The first kappa shape index (κ1) is 25.8. The SMILES string of the molecule is C=C1CC[C@H]2[C@](C)(CO[C@@H]3O[C@H](CO)[C@@H](O)[C@H](O)[C@H]3O)CCC[C@@]2(C)[C@@H]1CCC1=CCOC1=O. The van der Waals surface area contributed by atoms with Crippen molar-refractivity contribution in [2.45, 2.75) is 89.5 Å². The number of hydrogen-bond donors (Lipinski definition) is 4. The molecule has 4 N–H and O–H groups in total. The second kappa shape index (κ2) is 9.99. The summed E-state index contributed by atoms with van der Waals surface area (Å²) in [5.41, 5.74) is 1.87. The van der Waals surface area contributed by atoms with Gasteiger partial charge in [0.05, 0.1) is 13.2 Å². The van der Waals surface area contributed by atoms with Crippen molar-refractivity contribution in [2.24, 2.45) is 22.7 Å². The first-order valence-corrected chi connectivity index (χ1v) is 12.6. The Bertz CT molecular complexity index is 809. The number of cyclic esters (lactones) is 1. The second-order valence-corrected chi connectivity index (χ2v) is 11.2. The van der Waals surface area contributed by atoms with Gasteiger partial charge in [-0.1, -0.05) is 32.4 Å². The number of ether oxygens (including phenoxy) is 3. The molecule has 4 rings (SSSR count). The van der Waals surface area contributed by atoms with Crippen LogP contribution in [0.3, 0.4) is 0 Å². The van der Waals surface area contributed by atoms with Gasteiger partial charge in [-0.3, -0.25) is 0 Å². The van der Waals surface area contributed by atoms with Crippen molar-refractivity contribution >= 4 is 5.97 Å². The summed E-state index contributed by atoms with van der Waals surface area (Å²) in [5, 5.41) is 40.0. The molecular weight excluding hydrogens is 440 g/mol. The van der Waals surface area contributed by atoms with E-state index < -0.39 is 37.3 Å². The molecule has 8 heteroatoms. The average Bonchev–Trinajstić information content (AvgIpc) is 3.21. The van der Waals surface area contributed by atoms with E-state index in [1.165, 1.54) is 5.57 Å². The molecule has 0 amide bonds. The Kier molecular flexibility index (Phi) is 7.58. The van der Waals surface area contributed by atoms with E-state index in [0.29, 0.717) is 31.5 Å². The van der Waals surface area contributed by atoms with Crippen molar-refractivity contribution in [1.82, 2.24) is 0 Å². The molecule has 0 unspecified atom stereocenters. The van der Waals surface area contributed by atoms with E-state index in [-0.39, 0.29) is 16.8 Å². The highest BCUT2D eigenvalue weighted by Gasteiger charge is 2.55. The van der Waals surface area contributed by atoms with Gasteiger partial charge >= 0.3 is 5.97 Å². The number of hydrogen-bond acceptors (Lipinski definition) is 8. The number of rotatable bonds is 7. The lowest BCUT2D eigenvalue weighted by Gasteiger charge is -2.59. The summed E-state index contributed by atoms with van der Waals surface area (Å²) in [6.07, 6.45) is 2.15. The van der Waals surface area contributed by atoms with Crippen LogP contribution < -0.4 is 0 Å². The van der Waals surface area contributed by atoms with E-state index >= 15 is 0 Å². The van der Waals surface area contributed by atoms with E-state index in [1.807, 2.05) is 6.08 Å². The monoisotopic (exact) mass is 480 g/mol. The molecule has 2 saturated carbocycles. The molecule has 192 valence electrons. The fourth-order valence-electron chi connectivity index (χ4n) is 7.17. The summed E-state index contributed by atoms with van der Waals surface area (Å²) in [6.45, 7) is 9.21. The van der Waals surface area contributed by atoms with Gasteiger partial charge in [0.15, 0.2) is 6.29 Å². The van der Waals surface area contributed by atoms with Gasteiger partial charge < -0.3 is 34.6 Å².